The molecule has 2 rings (SSSR count). The number of hydrogen-bond acceptors (Lipinski definition) is 4. The molecule has 0 aromatic heterocycles. The summed E-state index contributed by atoms with van der Waals surface area (Å²) in [7, 11) is 1.52. The van der Waals surface area contributed by atoms with Crippen LogP contribution in [0.5, 0.6) is 5.75 Å². The van der Waals surface area contributed by atoms with Gasteiger partial charge in [-0.15, -0.1) is 0 Å². The first-order valence-corrected chi connectivity index (χ1v) is 7.65. The predicted octanol–water partition coefficient (Wildman–Crippen LogP) is 2.04. The van der Waals surface area contributed by atoms with Crippen LogP contribution in [-0.4, -0.2) is 31.4 Å². The summed E-state index contributed by atoms with van der Waals surface area (Å²) in [4.78, 5) is 35.3. The lowest BCUT2D eigenvalue weighted by Gasteiger charge is -2.09. The Hall–Kier alpha value is -3.06. The van der Waals surface area contributed by atoms with Crippen molar-refractivity contribution in [1.82, 2.24) is 5.32 Å². The predicted molar refractivity (Wildman–Crippen MR) is 94.7 cm³/mol. The van der Waals surface area contributed by atoms with Crippen molar-refractivity contribution < 1.29 is 19.1 Å². The van der Waals surface area contributed by atoms with Crippen LogP contribution in [0.25, 0.3) is 0 Å². The molecule has 0 bridgehead atoms. The summed E-state index contributed by atoms with van der Waals surface area (Å²) in [6.45, 7) is -0.361. The van der Waals surface area contributed by atoms with E-state index in [-0.39, 0.29) is 6.54 Å². The first-order valence-electron chi connectivity index (χ1n) is 7.27. The van der Waals surface area contributed by atoms with Gasteiger partial charge in [-0.1, -0.05) is 23.7 Å². The van der Waals surface area contributed by atoms with Gasteiger partial charge in [0.1, 0.15) is 5.75 Å². The molecule has 0 atom stereocenters. The van der Waals surface area contributed by atoms with E-state index in [9.17, 15) is 14.4 Å². The lowest BCUT2D eigenvalue weighted by atomic mass is 10.3. The van der Waals surface area contributed by atoms with Gasteiger partial charge in [0, 0.05) is 5.69 Å². The van der Waals surface area contributed by atoms with Crippen molar-refractivity contribution in [3.63, 3.8) is 0 Å². The Morgan fingerprint density at radius 1 is 0.960 bits per heavy atom. The van der Waals surface area contributed by atoms with E-state index < -0.39 is 17.7 Å². The van der Waals surface area contributed by atoms with E-state index >= 15 is 0 Å². The lowest BCUT2D eigenvalue weighted by molar-refractivity contribution is -0.136. The molecule has 2 aromatic carbocycles. The van der Waals surface area contributed by atoms with Gasteiger partial charge in [0.15, 0.2) is 0 Å². The van der Waals surface area contributed by atoms with Crippen molar-refractivity contribution in [2.75, 3.05) is 24.3 Å². The fourth-order valence-electron chi connectivity index (χ4n) is 1.86. The maximum absolute atomic E-state index is 11.8. The Bertz CT molecular complexity index is 778. The topological polar surface area (TPSA) is 96.5 Å². The van der Waals surface area contributed by atoms with Gasteiger partial charge in [0.05, 0.1) is 24.4 Å². The quantitative estimate of drug-likeness (QED) is 0.710. The van der Waals surface area contributed by atoms with E-state index in [4.69, 9.17) is 16.3 Å². The Labute approximate surface area is 149 Å². The average molecular weight is 362 g/mol. The van der Waals surface area contributed by atoms with Crippen LogP contribution in [-0.2, 0) is 14.4 Å². The normalized spacial score (nSPS) is 9.84. The second-order valence-electron chi connectivity index (χ2n) is 4.89. The monoisotopic (exact) mass is 361 g/mol. The summed E-state index contributed by atoms with van der Waals surface area (Å²) in [5, 5.41) is 7.56. The summed E-state index contributed by atoms with van der Waals surface area (Å²) in [5.74, 6) is -1.68. The van der Waals surface area contributed by atoms with Crippen molar-refractivity contribution in [2.24, 2.45) is 0 Å². The highest BCUT2D eigenvalue weighted by molar-refractivity contribution is 6.40. The standard InChI is InChI=1S/C17H16ClN3O4/c1-25-12-8-6-11(7-9-12)20-17(24)16(23)19-10-15(22)21-14-5-3-2-4-13(14)18/h2-9H,10H2,1H3,(H,19,23)(H,20,24)(H,21,22). The minimum Gasteiger partial charge on any atom is -0.497 e. The molecular formula is C17H16ClN3O4. The van der Waals surface area contributed by atoms with Gasteiger partial charge in [-0.05, 0) is 36.4 Å². The molecule has 0 heterocycles. The second-order valence-corrected chi connectivity index (χ2v) is 5.30. The number of carbonyl (C=O) groups is 3. The minimum atomic E-state index is -0.926. The van der Waals surface area contributed by atoms with E-state index in [0.29, 0.717) is 22.1 Å². The van der Waals surface area contributed by atoms with Crippen molar-refractivity contribution >= 4 is 40.7 Å². The molecule has 2 aromatic rings. The van der Waals surface area contributed by atoms with Crippen LogP contribution in [0.2, 0.25) is 5.02 Å². The third-order valence-electron chi connectivity index (χ3n) is 3.11. The number of rotatable bonds is 5. The summed E-state index contributed by atoms with van der Waals surface area (Å²) in [6.07, 6.45) is 0. The van der Waals surface area contributed by atoms with Crippen LogP contribution in [0.15, 0.2) is 48.5 Å². The van der Waals surface area contributed by atoms with Crippen LogP contribution < -0.4 is 20.7 Å². The maximum Gasteiger partial charge on any atom is 0.313 e. The van der Waals surface area contributed by atoms with Crippen LogP contribution in [0, 0.1) is 0 Å². The summed E-state index contributed by atoms with van der Waals surface area (Å²) < 4.78 is 5.00. The molecule has 8 heteroatoms. The molecule has 130 valence electrons. The zero-order valence-corrected chi connectivity index (χ0v) is 14.1. The third kappa shape index (κ3) is 5.50. The molecule has 0 unspecified atom stereocenters. The number of ether oxygens (including phenoxy) is 1. The van der Waals surface area contributed by atoms with Gasteiger partial charge >= 0.3 is 11.8 Å². The van der Waals surface area contributed by atoms with E-state index in [1.165, 1.54) is 7.11 Å². The molecule has 3 amide bonds. The molecule has 0 aliphatic carbocycles. The van der Waals surface area contributed by atoms with Gasteiger partial charge in [-0.2, -0.15) is 0 Å². The van der Waals surface area contributed by atoms with Gasteiger partial charge in [0.25, 0.3) is 0 Å². The summed E-state index contributed by atoms with van der Waals surface area (Å²) >= 11 is 5.92. The largest absolute Gasteiger partial charge is 0.497 e. The minimum absolute atomic E-state index is 0.361. The highest BCUT2D eigenvalue weighted by Crippen LogP contribution is 2.20. The molecule has 0 aliphatic heterocycles. The maximum atomic E-state index is 11.8. The van der Waals surface area contributed by atoms with Crippen molar-refractivity contribution in [3.8, 4) is 5.75 Å². The number of amides is 3. The Balaban J connectivity index is 1.81. The van der Waals surface area contributed by atoms with Crippen LogP contribution in [0.1, 0.15) is 0 Å². The fourth-order valence-corrected chi connectivity index (χ4v) is 2.04. The fraction of sp³-hybridized carbons (Fsp3) is 0.118. The number of nitrogens with one attached hydrogen (secondary N) is 3. The molecule has 0 spiro atoms. The average Bonchev–Trinajstić information content (AvgIpc) is 2.62. The van der Waals surface area contributed by atoms with Crippen LogP contribution in [0.4, 0.5) is 11.4 Å². The molecule has 0 aliphatic rings. The van der Waals surface area contributed by atoms with Crippen molar-refractivity contribution in [1.29, 1.82) is 0 Å². The highest BCUT2D eigenvalue weighted by atomic mass is 35.5. The van der Waals surface area contributed by atoms with Crippen molar-refractivity contribution in [2.45, 2.75) is 0 Å². The first-order chi connectivity index (χ1) is 12.0. The molecule has 0 saturated heterocycles. The van der Waals surface area contributed by atoms with E-state index in [1.54, 1.807) is 48.5 Å². The van der Waals surface area contributed by atoms with Gasteiger partial charge in [0.2, 0.25) is 5.91 Å². The number of benzene rings is 2. The third-order valence-corrected chi connectivity index (χ3v) is 3.44. The Morgan fingerprint density at radius 3 is 2.28 bits per heavy atom. The molecular weight excluding hydrogens is 346 g/mol. The van der Waals surface area contributed by atoms with Gasteiger partial charge < -0.3 is 20.7 Å². The Kier molecular flexibility index (Phi) is 6.36. The number of hydrogen-bond donors (Lipinski definition) is 3. The molecule has 3 N–H and O–H groups in total. The summed E-state index contributed by atoms with van der Waals surface area (Å²) in [5.41, 5.74) is 0.854. The molecule has 7 nitrogen and oxygen atoms in total. The first kappa shape index (κ1) is 18.3. The van der Waals surface area contributed by atoms with E-state index in [2.05, 4.69) is 16.0 Å². The molecule has 25 heavy (non-hydrogen) atoms. The SMILES string of the molecule is COc1ccc(NC(=O)C(=O)NCC(=O)Nc2ccccc2Cl)cc1. The Morgan fingerprint density at radius 2 is 1.64 bits per heavy atom. The number of anilines is 2. The molecule has 0 saturated carbocycles. The molecule has 0 fully saturated rings. The number of methoxy groups -OCH3 is 1. The zero-order valence-electron chi connectivity index (χ0n) is 13.3. The lowest BCUT2D eigenvalue weighted by Crippen LogP contribution is -2.39. The van der Waals surface area contributed by atoms with E-state index in [0.717, 1.165) is 0 Å². The highest BCUT2D eigenvalue weighted by Gasteiger charge is 2.15. The number of para-hydroxylation sites is 1. The smallest absolute Gasteiger partial charge is 0.313 e. The van der Waals surface area contributed by atoms with E-state index in [1.807, 2.05) is 0 Å². The van der Waals surface area contributed by atoms with Gasteiger partial charge in [-0.3, -0.25) is 14.4 Å². The second kappa shape index (κ2) is 8.70. The zero-order chi connectivity index (χ0) is 18.2. The summed E-state index contributed by atoms with van der Waals surface area (Å²) in [6, 6.07) is 13.2. The molecule has 0 radical (unpaired) electrons. The van der Waals surface area contributed by atoms with Crippen LogP contribution >= 0.6 is 11.6 Å². The van der Waals surface area contributed by atoms with Gasteiger partial charge in [-0.25, -0.2) is 0 Å². The van der Waals surface area contributed by atoms with Crippen molar-refractivity contribution in [3.05, 3.63) is 53.6 Å². The van der Waals surface area contributed by atoms with Crippen LogP contribution in [0.3, 0.4) is 0 Å². The number of carbonyl (C=O) groups excluding carboxylic acids is 3. The number of halogens is 1.